The van der Waals surface area contributed by atoms with E-state index in [2.05, 4.69) is 12.2 Å². The van der Waals surface area contributed by atoms with Crippen molar-refractivity contribution in [3.8, 4) is 0 Å². The Kier molecular flexibility index (Phi) is 4.19. The summed E-state index contributed by atoms with van der Waals surface area (Å²) in [5, 5.41) is 13.6. The molecule has 0 aromatic carbocycles. The molecule has 0 radical (unpaired) electrons. The third-order valence-corrected chi connectivity index (χ3v) is 3.62. The van der Waals surface area contributed by atoms with Crippen molar-refractivity contribution in [1.29, 1.82) is 0 Å². The van der Waals surface area contributed by atoms with Gasteiger partial charge in [-0.1, -0.05) is 6.92 Å². The summed E-state index contributed by atoms with van der Waals surface area (Å²) in [7, 11) is 0. The van der Waals surface area contributed by atoms with Crippen LogP contribution in [0.4, 0.5) is 0 Å². The highest BCUT2D eigenvalue weighted by atomic mass is 16.5. The second kappa shape index (κ2) is 5.45. The Balaban J connectivity index is 1.72. The molecule has 2 N–H and O–H groups in total. The van der Waals surface area contributed by atoms with Gasteiger partial charge in [0.2, 0.25) is 0 Å². The highest BCUT2D eigenvalue weighted by Gasteiger charge is 2.33. The second-order valence-corrected chi connectivity index (χ2v) is 5.03. The van der Waals surface area contributed by atoms with E-state index in [0.29, 0.717) is 31.9 Å². The van der Waals surface area contributed by atoms with Crippen LogP contribution in [0, 0.1) is 0 Å². The smallest absolute Gasteiger partial charge is 0.102 e. The molecule has 94 valence electrons. The van der Waals surface area contributed by atoms with Gasteiger partial charge in [0.25, 0.3) is 0 Å². The summed E-state index contributed by atoms with van der Waals surface area (Å²) in [6, 6.07) is 0.489. The van der Waals surface area contributed by atoms with E-state index in [4.69, 9.17) is 9.47 Å². The molecular formula is C12H23NO3. The minimum absolute atomic E-state index is 0.390. The quantitative estimate of drug-likeness (QED) is 0.744. The van der Waals surface area contributed by atoms with E-state index in [1.165, 1.54) is 0 Å². The first kappa shape index (κ1) is 12.3. The molecule has 4 heteroatoms. The summed E-state index contributed by atoms with van der Waals surface area (Å²) in [4.78, 5) is 0. The molecule has 2 aliphatic rings. The second-order valence-electron chi connectivity index (χ2n) is 5.03. The fraction of sp³-hybridized carbons (Fsp3) is 1.00. The Morgan fingerprint density at radius 2 is 2.31 bits per heavy atom. The van der Waals surface area contributed by atoms with Gasteiger partial charge in [0.05, 0.1) is 12.7 Å². The van der Waals surface area contributed by atoms with Crippen LogP contribution < -0.4 is 5.32 Å². The molecule has 0 amide bonds. The van der Waals surface area contributed by atoms with Crippen molar-refractivity contribution >= 4 is 0 Å². The SMILES string of the molecule is CCC1CC(NCC2(O)CCOC2)CCO1. The third-order valence-electron chi connectivity index (χ3n) is 3.62. The van der Waals surface area contributed by atoms with Gasteiger partial charge in [-0.2, -0.15) is 0 Å². The molecule has 0 saturated carbocycles. The molecule has 0 aromatic rings. The topological polar surface area (TPSA) is 50.7 Å². The number of hydrogen-bond acceptors (Lipinski definition) is 4. The van der Waals surface area contributed by atoms with Gasteiger partial charge in [-0.25, -0.2) is 0 Å². The third kappa shape index (κ3) is 3.17. The van der Waals surface area contributed by atoms with Gasteiger partial charge in [0.1, 0.15) is 5.60 Å². The highest BCUT2D eigenvalue weighted by Crippen LogP contribution is 2.20. The average molecular weight is 229 g/mol. The zero-order valence-corrected chi connectivity index (χ0v) is 10.1. The molecule has 2 saturated heterocycles. The fourth-order valence-corrected chi connectivity index (χ4v) is 2.42. The van der Waals surface area contributed by atoms with Crippen molar-refractivity contribution in [3.05, 3.63) is 0 Å². The first-order valence-electron chi connectivity index (χ1n) is 6.37. The van der Waals surface area contributed by atoms with E-state index in [1.807, 2.05) is 0 Å². The molecule has 0 aliphatic carbocycles. The number of aliphatic hydroxyl groups is 1. The van der Waals surface area contributed by atoms with Crippen LogP contribution in [0.3, 0.4) is 0 Å². The van der Waals surface area contributed by atoms with Crippen LogP contribution in [-0.4, -0.2) is 49.2 Å². The minimum Gasteiger partial charge on any atom is -0.386 e. The molecule has 2 heterocycles. The van der Waals surface area contributed by atoms with E-state index < -0.39 is 5.60 Å². The molecule has 3 atom stereocenters. The van der Waals surface area contributed by atoms with Crippen molar-refractivity contribution in [2.75, 3.05) is 26.4 Å². The van der Waals surface area contributed by atoms with Crippen LogP contribution >= 0.6 is 0 Å². The lowest BCUT2D eigenvalue weighted by Gasteiger charge is -2.32. The van der Waals surface area contributed by atoms with Gasteiger partial charge in [0, 0.05) is 32.2 Å². The lowest BCUT2D eigenvalue weighted by molar-refractivity contribution is -0.0118. The van der Waals surface area contributed by atoms with Gasteiger partial charge < -0.3 is 19.9 Å². The molecule has 0 spiro atoms. The van der Waals surface area contributed by atoms with Crippen LogP contribution in [0.25, 0.3) is 0 Å². The number of ether oxygens (including phenoxy) is 2. The fourth-order valence-electron chi connectivity index (χ4n) is 2.42. The van der Waals surface area contributed by atoms with Crippen molar-refractivity contribution in [2.24, 2.45) is 0 Å². The number of rotatable bonds is 4. The number of nitrogens with one attached hydrogen (secondary N) is 1. The Morgan fingerprint density at radius 3 is 3.00 bits per heavy atom. The van der Waals surface area contributed by atoms with Gasteiger partial charge in [-0.05, 0) is 19.3 Å². The van der Waals surface area contributed by atoms with Gasteiger partial charge >= 0.3 is 0 Å². The predicted octanol–water partition coefficient (Wildman–Crippen LogP) is 0.685. The molecule has 16 heavy (non-hydrogen) atoms. The average Bonchev–Trinajstić information content (AvgIpc) is 2.75. The number of hydrogen-bond donors (Lipinski definition) is 2. The summed E-state index contributed by atoms with van der Waals surface area (Å²) in [6.45, 7) is 4.80. The van der Waals surface area contributed by atoms with E-state index >= 15 is 0 Å². The van der Waals surface area contributed by atoms with Gasteiger partial charge in [0.15, 0.2) is 0 Å². The van der Waals surface area contributed by atoms with Crippen LogP contribution in [0.15, 0.2) is 0 Å². The Labute approximate surface area is 97.3 Å². The van der Waals surface area contributed by atoms with Crippen molar-refractivity contribution in [3.63, 3.8) is 0 Å². The molecule has 4 nitrogen and oxygen atoms in total. The molecule has 2 aliphatic heterocycles. The monoisotopic (exact) mass is 229 g/mol. The Hall–Kier alpha value is -0.160. The zero-order chi connectivity index (χ0) is 11.4. The summed E-state index contributed by atoms with van der Waals surface area (Å²) in [5.41, 5.74) is -0.639. The summed E-state index contributed by atoms with van der Waals surface area (Å²) >= 11 is 0. The predicted molar refractivity (Wildman–Crippen MR) is 61.4 cm³/mol. The first-order chi connectivity index (χ1) is 7.72. The van der Waals surface area contributed by atoms with Crippen LogP contribution in [-0.2, 0) is 9.47 Å². The first-order valence-corrected chi connectivity index (χ1v) is 6.37. The largest absolute Gasteiger partial charge is 0.386 e. The normalized spacial score (nSPS) is 40.1. The maximum absolute atomic E-state index is 10.1. The van der Waals surface area contributed by atoms with E-state index in [9.17, 15) is 5.11 Å². The maximum atomic E-state index is 10.1. The molecule has 0 bridgehead atoms. The molecular weight excluding hydrogens is 206 g/mol. The standard InChI is InChI=1S/C12H23NO3/c1-2-11-7-10(3-5-16-11)13-8-12(14)4-6-15-9-12/h10-11,13-14H,2-9H2,1H3. The van der Waals surface area contributed by atoms with Crippen LogP contribution in [0.1, 0.15) is 32.6 Å². The molecule has 3 unspecified atom stereocenters. The minimum atomic E-state index is -0.639. The van der Waals surface area contributed by atoms with Gasteiger partial charge in [-0.15, -0.1) is 0 Å². The zero-order valence-electron chi connectivity index (χ0n) is 10.1. The van der Waals surface area contributed by atoms with Crippen molar-refractivity contribution < 1.29 is 14.6 Å². The summed E-state index contributed by atoms with van der Waals surface area (Å²) in [5.74, 6) is 0. The van der Waals surface area contributed by atoms with E-state index in [-0.39, 0.29) is 0 Å². The van der Waals surface area contributed by atoms with Gasteiger partial charge in [-0.3, -0.25) is 0 Å². The van der Waals surface area contributed by atoms with Crippen LogP contribution in [0.5, 0.6) is 0 Å². The molecule has 2 rings (SSSR count). The lowest BCUT2D eigenvalue weighted by Crippen LogP contribution is -2.47. The maximum Gasteiger partial charge on any atom is 0.102 e. The molecule has 0 aromatic heterocycles. The van der Waals surface area contributed by atoms with E-state index in [0.717, 1.165) is 32.3 Å². The lowest BCUT2D eigenvalue weighted by atomic mass is 9.99. The van der Waals surface area contributed by atoms with Crippen LogP contribution in [0.2, 0.25) is 0 Å². The van der Waals surface area contributed by atoms with Crippen molar-refractivity contribution in [1.82, 2.24) is 5.32 Å². The Morgan fingerprint density at radius 1 is 1.44 bits per heavy atom. The van der Waals surface area contributed by atoms with E-state index in [1.54, 1.807) is 0 Å². The summed E-state index contributed by atoms with van der Waals surface area (Å²) < 4.78 is 10.9. The highest BCUT2D eigenvalue weighted by molar-refractivity contribution is 4.87. The molecule has 2 fully saturated rings. The Bertz CT molecular complexity index is 216. The summed E-state index contributed by atoms with van der Waals surface area (Å²) in [6.07, 6.45) is 4.33. The van der Waals surface area contributed by atoms with Crippen molar-refractivity contribution in [2.45, 2.75) is 50.4 Å².